The summed E-state index contributed by atoms with van der Waals surface area (Å²) in [5, 5.41) is 2.69. The first-order valence-corrected chi connectivity index (χ1v) is 12.5. The number of pyridine rings is 1. The zero-order chi connectivity index (χ0) is 21.8. The summed E-state index contributed by atoms with van der Waals surface area (Å²) < 4.78 is 25.4. The van der Waals surface area contributed by atoms with E-state index in [1.165, 1.54) is 0 Å². The lowest BCUT2D eigenvalue weighted by Crippen LogP contribution is -2.23. The van der Waals surface area contributed by atoms with Gasteiger partial charge in [0.05, 0.1) is 10.1 Å². The maximum atomic E-state index is 12.7. The summed E-state index contributed by atoms with van der Waals surface area (Å²) in [4.78, 5) is 27.7. The van der Waals surface area contributed by atoms with Crippen LogP contribution >= 0.6 is 0 Å². The van der Waals surface area contributed by atoms with Crippen LogP contribution in [0.4, 0.5) is 0 Å². The number of amides is 1. The van der Waals surface area contributed by atoms with Crippen molar-refractivity contribution in [1.29, 1.82) is 0 Å². The third-order valence-electron chi connectivity index (χ3n) is 6.40. The number of rotatable bonds is 6. The second kappa shape index (κ2) is 7.48. The average Bonchev–Trinajstić information content (AvgIpc) is 3.64. The van der Waals surface area contributed by atoms with Gasteiger partial charge in [-0.05, 0) is 68.2 Å². The van der Waals surface area contributed by atoms with Crippen LogP contribution in [-0.2, 0) is 14.6 Å². The standard InChI is InChI=1S/C24H26N2O4S/c1-14-12-16(4-10-22(14)31(29,30)18-6-7-18)20(13-17-5-11-23(27)25-17)21-9-8-19(15-2-3-15)24(28)26-21/h4,8-10,12-13,15,17-18H,2-3,5-7,11H2,1H3,(H,25,27)(H,26,28)/b20-13-/t17-/m1/s1. The van der Waals surface area contributed by atoms with Crippen molar-refractivity contribution < 1.29 is 13.2 Å². The van der Waals surface area contributed by atoms with Gasteiger partial charge in [-0.3, -0.25) is 9.59 Å². The molecule has 2 saturated carbocycles. The van der Waals surface area contributed by atoms with E-state index < -0.39 is 9.84 Å². The minimum absolute atomic E-state index is 0.0141. The number of sulfone groups is 1. The summed E-state index contributed by atoms with van der Waals surface area (Å²) in [6.45, 7) is 1.81. The predicted molar refractivity (Wildman–Crippen MR) is 119 cm³/mol. The van der Waals surface area contributed by atoms with Crippen LogP contribution in [-0.4, -0.2) is 30.6 Å². The van der Waals surface area contributed by atoms with E-state index in [2.05, 4.69) is 10.3 Å². The first-order chi connectivity index (χ1) is 14.8. The lowest BCUT2D eigenvalue weighted by atomic mass is 9.97. The third-order valence-corrected chi connectivity index (χ3v) is 8.82. The van der Waals surface area contributed by atoms with Crippen LogP contribution in [0.1, 0.15) is 66.8 Å². The quantitative estimate of drug-likeness (QED) is 0.724. The smallest absolute Gasteiger partial charge is 0.251 e. The lowest BCUT2D eigenvalue weighted by Gasteiger charge is -2.15. The van der Waals surface area contributed by atoms with Gasteiger partial charge in [-0.2, -0.15) is 0 Å². The minimum Gasteiger partial charge on any atom is -0.350 e. The molecule has 6 nitrogen and oxygen atoms in total. The zero-order valence-corrected chi connectivity index (χ0v) is 18.3. The maximum Gasteiger partial charge on any atom is 0.251 e. The molecule has 2 N–H and O–H groups in total. The van der Waals surface area contributed by atoms with Crippen molar-refractivity contribution in [3.63, 3.8) is 0 Å². The number of aromatic amines is 1. The van der Waals surface area contributed by atoms with E-state index in [1.54, 1.807) is 12.1 Å². The molecule has 1 amide bonds. The summed E-state index contributed by atoms with van der Waals surface area (Å²) in [5.74, 6) is 0.369. The van der Waals surface area contributed by atoms with E-state index in [0.29, 0.717) is 34.9 Å². The largest absolute Gasteiger partial charge is 0.350 e. The molecule has 1 saturated heterocycles. The predicted octanol–water partition coefficient (Wildman–Crippen LogP) is 3.21. The number of H-pyrrole nitrogens is 1. The highest BCUT2D eigenvalue weighted by atomic mass is 32.2. The van der Waals surface area contributed by atoms with Crippen LogP contribution in [0.5, 0.6) is 0 Å². The van der Waals surface area contributed by atoms with Crippen molar-refractivity contribution in [2.45, 2.75) is 67.6 Å². The molecule has 1 aromatic heterocycles. The van der Waals surface area contributed by atoms with Crippen molar-refractivity contribution in [1.82, 2.24) is 10.3 Å². The fourth-order valence-electron chi connectivity index (χ4n) is 4.36. The van der Waals surface area contributed by atoms with Gasteiger partial charge in [0, 0.05) is 29.3 Å². The number of carbonyl (C=O) groups excluding carboxylic acids is 1. The van der Waals surface area contributed by atoms with Gasteiger partial charge in [0.15, 0.2) is 9.84 Å². The van der Waals surface area contributed by atoms with E-state index in [-0.39, 0.29) is 22.8 Å². The molecule has 1 aliphatic heterocycles. The number of hydrogen-bond acceptors (Lipinski definition) is 4. The molecule has 31 heavy (non-hydrogen) atoms. The van der Waals surface area contributed by atoms with Gasteiger partial charge >= 0.3 is 0 Å². The molecule has 0 bridgehead atoms. The first-order valence-electron chi connectivity index (χ1n) is 10.9. The van der Waals surface area contributed by atoms with Gasteiger partial charge in [0.1, 0.15) is 0 Å². The van der Waals surface area contributed by atoms with Gasteiger partial charge in [-0.25, -0.2) is 8.42 Å². The Labute approximate surface area is 181 Å². The van der Waals surface area contributed by atoms with Gasteiger partial charge < -0.3 is 10.3 Å². The highest BCUT2D eigenvalue weighted by Crippen LogP contribution is 2.39. The van der Waals surface area contributed by atoms with E-state index >= 15 is 0 Å². The van der Waals surface area contributed by atoms with Gasteiger partial charge in [-0.15, -0.1) is 0 Å². The number of hydrogen-bond donors (Lipinski definition) is 2. The normalized spacial score (nSPS) is 21.9. The summed E-state index contributed by atoms with van der Waals surface area (Å²) in [7, 11) is -3.28. The van der Waals surface area contributed by atoms with Crippen molar-refractivity contribution in [2.24, 2.45) is 0 Å². The molecule has 3 fully saturated rings. The molecule has 1 aromatic carbocycles. The van der Waals surface area contributed by atoms with Gasteiger partial charge in [-0.1, -0.05) is 24.3 Å². The Morgan fingerprint density at radius 3 is 2.39 bits per heavy atom. The first kappa shape index (κ1) is 20.2. The molecule has 3 aliphatic rings. The van der Waals surface area contributed by atoms with E-state index in [0.717, 1.165) is 42.4 Å². The molecular weight excluding hydrogens is 412 g/mol. The lowest BCUT2D eigenvalue weighted by molar-refractivity contribution is -0.119. The average molecular weight is 439 g/mol. The number of aryl methyl sites for hydroxylation is 1. The molecule has 162 valence electrons. The molecule has 5 rings (SSSR count). The molecule has 2 heterocycles. The number of carbonyl (C=O) groups is 1. The van der Waals surface area contributed by atoms with Crippen LogP contribution < -0.4 is 10.9 Å². The summed E-state index contributed by atoms with van der Waals surface area (Å²) in [6.07, 6.45) is 6.69. The van der Waals surface area contributed by atoms with E-state index in [4.69, 9.17) is 0 Å². The van der Waals surface area contributed by atoms with E-state index in [1.807, 2.05) is 31.2 Å². The van der Waals surface area contributed by atoms with Crippen molar-refractivity contribution in [3.05, 3.63) is 69.1 Å². The Morgan fingerprint density at radius 2 is 1.81 bits per heavy atom. The number of aromatic nitrogens is 1. The fourth-order valence-corrected chi connectivity index (χ4v) is 6.24. The second-order valence-electron chi connectivity index (χ2n) is 8.95. The molecule has 7 heteroatoms. The summed E-state index contributed by atoms with van der Waals surface area (Å²) >= 11 is 0. The molecular formula is C24H26N2O4S. The fraction of sp³-hybridized carbons (Fsp3) is 0.417. The Kier molecular flexibility index (Phi) is 4.88. The van der Waals surface area contributed by atoms with Crippen LogP contribution in [0.25, 0.3) is 5.57 Å². The topological polar surface area (TPSA) is 96.1 Å². The Balaban J connectivity index is 1.57. The molecule has 0 radical (unpaired) electrons. The van der Waals surface area contributed by atoms with Crippen LogP contribution in [0.2, 0.25) is 0 Å². The Bertz CT molecular complexity index is 1250. The van der Waals surface area contributed by atoms with Crippen LogP contribution in [0.3, 0.4) is 0 Å². The molecule has 2 aromatic rings. The highest BCUT2D eigenvalue weighted by Gasteiger charge is 2.37. The van der Waals surface area contributed by atoms with Crippen LogP contribution in [0, 0.1) is 6.92 Å². The molecule has 0 spiro atoms. The van der Waals surface area contributed by atoms with Crippen molar-refractivity contribution in [2.75, 3.05) is 0 Å². The van der Waals surface area contributed by atoms with Crippen molar-refractivity contribution >= 4 is 21.3 Å². The SMILES string of the molecule is Cc1cc(/C(=C/[C@H]2CCC(=O)N2)c2ccc(C3CC3)c(=O)[nH]2)ccc1S(=O)(=O)C1CC1. The summed E-state index contributed by atoms with van der Waals surface area (Å²) in [5.41, 5.74) is 3.73. The van der Waals surface area contributed by atoms with Gasteiger partial charge in [0.25, 0.3) is 5.56 Å². The van der Waals surface area contributed by atoms with Crippen molar-refractivity contribution in [3.8, 4) is 0 Å². The van der Waals surface area contributed by atoms with Crippen LogP contribution in [0.15, 0.2) is 46.1 Å². The molecule has 0 unspecified atom stereocenters. The second-order valence-corrected chi connectivity index (χ2v) is 11.1. The minimum atomic E-state index is -3.28. The maximum absolute atomic E-state index is 12.7. The summed E-state index contributed by atoms with van der Waals surface area (Å²) in [6, 6.07) is 9.04. The Morgan fingerprint density at radius 1 is 1.03 bits per heavy atom. The Hall–Kier alpha value is -2.67. The third kappa shape index (κ3) is 3.99. The van der Waals surface area contributed by atoms with E-state index in [9.17, 15) is 18.0 Å². The number of benzene rings is 1. The molecule has 1 atom stereocenters. The van der Waals surface area contributed by atoms with Gasteiger partial charge in [0.2, 0.25) is 5.91 Å². The highest BCUT2D eigenvalue weighted by molar-refractivity contribution is 7.92. The monoisotopic (exact) mass is 438 g/mol. The zero-order valence-electron chi connectivity index (χ0n) is 17.5. The molecule has 2 aliphatic carbocycles. The number of nitrogens with one attached hydrogen (secondary N) is 2.